The largest absolute Gasteiger partial charge is 0.480 e. The van der Waals surface area contributed by atoms with Crippen LogP contribution in [-0.2, 0) is 9.53 Å². The fraction of sp³-hybridized carbons (Fsp3) is 0.529. The van der Waals surface area contributed by atoms with Crippen LogP contribution in [-0.4, -0.2) is 57.8 Å². The van der Waals surface area contributed by atoms with Gasteiger partial charge in [0.05, 0.1) is 22.7 Å². The molecule has 0 bridgehead atoms. The summed E-state index contributed by atoms with van der Waals surface area (Å²) in [5.41, 5.74) is 1.91. The minimum Gasteiger partial charge on any atom is -0.480 e. The van der Waals surface area contributed by atoms with Crippen molar-refractivity contribution < 1.29 is 24.0 Å². The predicted molar refractivity (Wildman–Crippen MR) is 88.5 cm³/mol. The first-order valence-electron chi connectivity index (χ1n) is 8.17. The zero-order chi connectivity index (χ0) is 18.3. The van der Waals surface area contributed by atoms with E-state index in [0.29, 0.717) is 28.1 Å². The number of nitrogens with zero attached hydrogens (tertiary/aromatic N) is 3. The molecule has 1 aliphatic rings. The molecule has 1 aliphatic heterocycles. The van der Waals surface area contributed by atoms with Crippen LogP contribution in [0.5, 0.6) is 0 Å². The van der Waals surface area contributed by atoms with Crippen LogP contribution in [0.3, 0.4) is 0 Å². The van der Waals surface area contributed by atoms with Crippen LogP contribution in [0.25, 0.3) is 11.1 Å². The number of fused-ring (bicyclic) bond motifs is 1. The molecule has 3 rings (SSSR count). The first kappa shape index (κ1) is 17.3. The van der Waals surface area contributed by atoms with Crippen molar-refractivity contribution in [3.05, 3.63) is 23.0 Å². The topological polar surface area (TPSA) is 106 Å². The van der Waals surface area contributed by atoms with E-state index in [1.165, 1.54) is 12.0 Å². The number of methoxy groups -OCH3 is 1. The molecule has 1 amide bonds. The Kier molecular flexibility index (Phi) is 4.47. The number of ether oxygens (including phenoxy) is 1. The number of rotatable bonds is 4. The third-order valence-corrected chi connectivity index (χ3v) is 4.60. The van der Waals surface area contributed by atoms with E-state index in [9.17, 15) is 14.7 Å². The van der Waals surface area contributed by atoms with E-state index in [1.54, 1.807) is 13.0 Å². The number of aryl methyl sites for hydroxylation is 1. The van der Waals surface area contributed by atoms with Gasteiger partial charge in [-0.25, -0.2) is 9.78 Å². The molecule has 2 aromatic rings. The van der Waals surface area contributed by atoms with Crippen molar-refractivity contribution in [3.8, 4) is 0 Å². The molecule has 0 spiro atoms. The molecule has 2 aromatic heterocycles. The molecule has 0 radical (unpaired) electrons. The standard InChI is InChI=1S/C17H21N3O5/c1-8(2)12-6-11(14-9(3)19-25-15(14)18-12)16(21)20-7-10(24-4)5-13(20)17(22)23/h6,8,10,13H,5,7H2,1-4H3,(H,22,23). The number of carbonyl (C=O) groups is 2. The summed E-state index contributed by atoms with van der Waals surface area (Å²) in [5, 5.41) is 13.9. The Morgan fingerprint density at radius 2 is 2.16 bits per heavy atom. The number of carbonyl (C=O) groups excluding carboxylic acids is 1. The molecular formula is C17H21N3O5. The molecule has 3 heterocycles. The van der Waals surface area contributed by atoms with Gasteiger partial charge in [-0.2, -0.15) is 0 Å². The highest BCUT2D eigenvalue weighted by Crippen LogP contribution is 2.29. The first-order valence-corrected chi connectivity index (χ1v) is 8.17. The molecule has 2 atom stereocenters. The van der Waals surface area contributed by atoms with Gasteiger partial charge in [-0.15, -0.1) is 0 Å². The molecule has 134 valence electrons. The fourth-order valence-electron chi connectivity index (χ4n) is 3.16. The number of carboxylic acid groups (broad SMARTS) is 1. The molecule has 1 fully saturated rings. The molecule has 8 nitrogen and oxygen atoms in total. The van der Waals surface area contributed by atoms with Crippen LogP contribution in [0.15, 0.2) is 10.6 Å². The Labute approximate surface area is 144 Å². The van der Waals surface area contributed by atoms with Gasteiger partial charge in [-0.05, 0) is 18.9 Å². The van der Waals surface area contributed by atoms with Crippen molar-refractivity contribution >= 4 is 23.0 Å². The number of carboxylic acids is 1. The van der Waals surface area contributed by atoms with Gasteiger partial charge in [0.2, 0.25) is 0 Å². The molecular weight excluding hydrogens is 326 g/mol. The van der Waals surface area contributed by atoms with E-state index < -0.39 is 12.0 Å². The van der Waals surface area contributed by atoms with E-state index in [-0.39, 0.29) is 30.9 Å². The molecule has 1 N–H and O–H groups in total. The molecule has 0 aliphatic carbocycles. The zero-order valence-electron chi connectivity index (χ0n) is 14.6. The summed E-state index contributed by atoms with van der Waals surface area (Å²) in [6.07, 6.45) is -0.0265. The summed E-state index contributed by atoms with van der Waals surface area (Å²) in [6, 6.07) is 0.793. The van der Waals surface area contributed by atoms with Crippen molar-refractivity contribution in [1.29, 1.82) is 0 Å². The number of likely N-dealkylation sites (tertiary alicyclic amines) is 1. The van der Waals surface area contributed by atoms with Crippen LogP contribution in [0.2, 0.25) is 0 Å². The second kappa shape index (κ2) is 6.44. The number of pyridine rings is 1. The quantitative estimate of drug-likeness (QED) is 0.901. The summed E-state index contributed by atoms with van der Waals surface area (Å²) in [6.45, 7) is 5.89. The van der Waals surface area contributed by atoms with Crippen molar-refractivity contribution in [2.75, 3.05) is 13.7 Å². The Balaban J connectivity index is 2.09. The Hall–Kier alpha value is -2.48. The first-order chi connectivity index (χ1) is 11.8. The lowest BCUT2D eigenvalue weighted by Gasteiger charge is -2.22. The molecule has 0 saturated carbocycles. The molecule has 25 heavy (non-hydrogen) atoms. The number of hydrogen-bond donors (Lipinski definition) is 1. The Morgan fingerprint density at radius 1 is 1.44 bits per heavy atom. The van der Waals surface area contributed by atoms with Crippen LogP contribution in [0.1, 0.15) is 47.9 Å². The average Bonchev–Trinajstić information content (AvgIpc) is 3.17. The van der Waals surface area contributed by atoms with Gasteiger partial charge in [0.25, 0.3) is 11.6 Å². The van der Waals surface area contributed by atoms with Gasteiger partial charge in [0.15, 0.2) is 0 Å². The van der Waals surface area contributed by atoms with E-state index >= 15 is 0 Å². The van der Waals surface area contributed by atoms with E-state index in [1.807, 2.05) is 13.8 Å². The second-order valence-electron chi connectivity index (χ2n) is 6.60. The minimum absolute atomic E-state index is 0.0851. The van der Waals surface area contributed by atoms with Gasteiger partial charge in [-0.1, -0.05) is 19.0 Å². The summed E-state index contributed by atoms with van der Waals surface area (Å²) >= 11 is 0. The van der Waals surface area contributed by atoms with E-state index in [2.05, 4.69) is 10.1 Å². The third-order valence-electron chi connectivity index (χ3n) is 4.60. The summed E-state index contributed by atoms with van der Waals surface area (Å²) in [4.78, 5) is 30.5. The zero-order valence-corrected chi connectivity index (χ0v) is 14.6. The van der Waals surface area contributed by atoms with Crippen LogP contribution in [0.4, 0.5) is 0 Å². The highest BCUT2D eigenvalue weighted by atomic mass is 16.5. The Morgan fingerprint density at radius 3 is 2.76 bits per heavy atom. The van der Waals surface area contributed by atoms with E-state index in [4.69, 9.17) is 9.26 Å². The maximum atomic E-state index is 13.2. The van der Waals surface area contributed by atoms with Crippen molar-refractivity contribution in [2.24, 2.45) is 0 Å². The average molecular weight is 347 g/mol. The number of aromatic nitrogens is 2. The number of amides is 1. The van der Waals surface area contributed by atoms with Crippen molar-refractivity contribution in [1.82, 2.24) is 15.0 Å². The summed E-state index contributed by atoms with van der Waals surface area (Å²) in [7, 11) is 1.52. The Bertz CT molecular complexity index is 829. The predicted octanol–water partition coefficient (Wildman–Crippen LogP) is 1.97. The van der Waals surface area contributed by atoms with Gasteiger partial charge < -0.3 is 19.3 Å². The van der Waals surface area contributed by atoms with Crippen molar-refractivity contribution in [3.63, 3.8) is 0 Å². The van der Waals surface area contributed by atoms with E-state index in [0.717, 1.165) is 0 Å². The highest BCUT2D eigenvalue weighted by molar-refractivity contribution is 6.07. The fourth-order valence-corrected chi connectivity index (χ4v) is 3.16. The number of hydrogen-bond acceptors (Lipinski definition) is 6. The monoisotopic (exact) mass is 347 g/mol. The molecule has 0 aromatic carbocycles. The molecule has 2 unspecified atom stereocenters. The van der Waals surface area contributed by atoms with Gasteiger partial charge in [0.1, 0.15) is 6.04 Å². The summed E-state index contributed by atoms with van der Waals surface area (Å²) < 4.78 is 10.5. The minimum atomic E-state index is -1.04. The number of aliphatic carboxylic acids is 1. The van der Waals surface area contributed by atoms with Crippen LogP contribution >= 0.6 is 0 Å². The maximum absolute atomic E-state index is 13.2. The SMILES string of the molecule is COC1CC(C(=O)O)N(C(=O)c2cc(C(C)C)nc3onc(C)c23)C1. The van der Waals surface area contributed by atoms with Crippen LogP contribution in [0, 0.1) is 6.92 Å². The summed E-state index contributed by atoms with van der Waals surface area (Å²) in [5.74, 6) is -1.32. The second-order valence-corrected chi connectivity index (χ2v) is 6.60. The molecule has 1 saturated heterocycles. The lowest BCUT2D eigenvalue weighted by molar-refractivity contribution is -0.141. The highest BCUT2D eigenvalue weighted by Gasteiger charge is 2.41. The third kappa shape index (κ3) is 2.97. The molecule has 8 heteroatoms. The lowest BCUT2D eigenvalue weighted by atomic mass is 10.0. The normalized spacial score (nSPS) is 20.6. The lowest BCUT2D eigenvalue weighted by Crippen LogP contribution is -2.40. The maximum Gasteiger partial charge on any atom is 0.326 e. The van der Waals surface area contributed by atoms with Crippen molar-refractivity contribution in [2.45, 2.75) is 45.3 Å². The van der Waals surface area contributed by atoms with Gasteiger partial charge >= 0.3 is 5.97 Å². The smallest absolute Gasteiger partial charge is 0.326 e. The van der Waals surface area contributed by atoms with Gasteiger partial charge in [0, 0.05) is 25.8 Å². The van der Waals surface area contributed by atoms with Gasteiger partial charge in [-0.3, -0.25) is 4.79 Å². The van der Waals surface area contributed by atoms with Crippen LogP contribution < -0.4 is 0 Å².